The summed E-state index contributed by atoms with van der Waals surface area (Å²) in [6.45, 7) is 28.6. The van der Waals surface area contributed by atoms with Gasteiger partial charge in [-0.2, -0.15) is 67.5 Å². The number of morpholine rings is 1. The normalized spacial score (nSPS) is 13.9. The van der Waals surface area contributed by atoms with Crippen molar-refractivity contribution >= 4 is 107 Å². The van der Waals surface area contributed by atoms with Gasteiger partial charge in [0.2, 0.25) is 5.91 Å². The van der Waals surface area contributed by atoms with E-state index in [9.17, 15) is 19.8 Å². The summed E-state index contributed by atoms with van der Waals surface area (Å²) < 4.78 is 23.3. The quantitative estimate of drug-likeness (QED) is 0.0189. The monoisotopic (exact) mass is 1400 g/mol. The summed E-state index contributed by atoms with van der Waals surface area (Å²) in [5, 5.41) is 25.5. The third-order valence-corrected chi connectivity index (χ3v) is 26.0. The maximum absolute atomic E-state index is 12.5. The van der Waals surface area contributed by atoms with Crippen molar-refractivity contribution in [2.24, 2.45) is 9.98 Å². The van der Waals surface area contributed by atoms with Gasteiger partial charge in [0.05, 0.1) is 51.0 Å². The van der Waals surface area contributed by atoms with E-state index in [1.54, 1.807) is 0 Å². The first-order valence-electron chi connectivity index (χ1n) is 31.8. The number of hydrogen-bond acceptors (Lipinski definition) is 11. The zero-order valence-electron chi connectivity index (χ0n) is 57.5. The minimum atomic E-state index is -2.01. The highest BCUT2D eigenvalue weighted by molar-refractivity contribution is 7.60. The number of aliphatic imine (C=N–C) groups is 2. The van der Waals surface area contributed by atoms with Crippen LogP contribution in [0.1, 0.15) is 145 Å². The van der Waals surface area contributed by atoms with Crippen LogP contribution in [0.15, 0.2) is 192 Å². The fraction of sp³-hybridized carbons (Fsp3) is 0.459. The fourth-order valence-electron chi connectivity index (χ4n) is 9.41. The van der Waals surface area contributed by atoms with E-state index in [0.717, 1.165) is 70.7 Å². The molecule has 1 aliphatic heterocycles. The number of hydrogen-bond donors (Lipinski definition) is 3. The largest absolute Gasteiger partial charge is 0.467 e. The van der Waals surface area contributed by atoms with Gasteiger partial charge in [-0.15, -0.1) is 0 Å². The molecule has 0 aromatic heterocycles. The molecule has 0 unspecified atom stereocenters. The number of ether oxygens (including phenoxy) is 2. The highest BCUT2D eigenvalue weighted by Crippen LogP contribution is 2.38. The Morgan fingerprint density at radius 1 is 0.527 bits per heavy atom. The van der Waals surface area contributed by atoms with Crippen LogP contribution in [0, 0.1) is 0 Å². The van der Waals surface area contributed by atoms with Crippen LogP contribution in [-0.4, -0.2) is 126 Å². The van der Waals surface area contributed by atoms with Crippen molar-refractivity contribution in [1.82, 2.24) is 10.2 Å². The first kappa shape index (κ1) is 88.5. The third-order valence-electron chi connectivity index (χ3n) is 17.0. The van der Waals surface area contributed by atoms with E-state index in [1.165, 1.54) is 39.2 Å². The summed E-state index contributed by atoms with van der Waals surface area (Å²) >= 11 is 0. The van der Waals surface area contributed by atoms with Crippen molar-refractivity contribution in [3.63, 3.8) is 0 Å². The summed E-state index contributed by atoms with van der Waals surface area (Å²) in [6.07, 6.45) is 7.43. The van der Waals surface area contributed by atoms with Crippen molar-refractivity contribution in [2.45, 2.75) is 166 Å². The minimum Gasteiger partial charge on any atom is -0.467 e. The van der Waals surface area contributed by atoms with E-state index in [1.807, 2.05) is 158 Å². The molecule has 1 saturated heterocycles. The Labute approximate surface area is 596 Å². The van der Waals surface area contributed by atoms with Gasteiger partial charge in [0, 0.05) is 48.3 Å². The molecule has 6 aromatic rings. The van der Waals surface area contributed by atoms with Crippen LogP contribution in [0.25, 0.3) is 0 Å². The number of esters is 1. The van der Waals surface area contributed by atoms with Crippen LogP contribution < -0.4 is 5.32 Å². The molecule has 0 bridgehead atoms. The van der Waals surface area contributed by atoms with Crippen molar-refractivity contribution in [2.75, 3.05) is 53.2 Å². The standard InChI is InChI=1S/C28H35NO2Si.C23H38N2O3.C23H31NO3Si.5H2S/c1-28(2,3)32(4,5)31-21-25(27(30)24-19-13-8-14-20-24)29-26(22-15-9-6-10-16-22)23-17-11-7-12-18-23;1-2-3-4-5-6-7-11-14-22(26)24-21(19-25-15-17-28-18-16-25)23(27)20-12-9-8-10-13-20;1-23(2,3)28(5,6)27-17-20(22(25)26-4)24-21(18-13-9-7-10-14-18)19-15-11-8-12-16-19;;;;;/h6-20,25,27,30H,21H2,1-5H3;8-10,12-13,21,23,27H,2-7,11,14-19H2,1H3,(H,24,26);7-16,20H,17H2,1-6H3;5*1H2/t25-,27-;21-,23-;20-;;;;;/m000...../s1. The average molecular weight is 1400 g/mol. The van der Waals surface area contributed by atoms with E-state index in [-0.39, 0.29) is 102 Å². The molecule has 0 saturated carbocycles. The van der Waals surface area contributed by atoms with Crippen LogP contribution in [-0.2, 0) is 27.9 Å². The van der Waals surface area contributed by atoms with Crippen molar-refractivity contribution in [1.29, 1.82) is 0 Å². The van der Waals surface area contributed by atoms with Crippen molar-refractivity contribution < 1.29 is 38.1 Å². The van der Waals surface area contributed by atoms with E-state index in [4.69, 9.17) is 28.3 Å². The molecule has 1 amide bonds. The Morgan fingerprint density at radius 3 is 1.27 bits per heavy atom. The lowest BCUT2D eigenvalue weighted by Gasteiger charge is -2.37. The average Bonchev–Trinajstić information content (AvgIpc) is 0.970. The highest BCUT2D eigenvalue weighted by atomic mass is 32.1. The molecule has 516 valence electrons. The Morgan fingerprint density at radius 2 is 0.882 bits per heavy atom. The van der Waals surface area contributed by atoms with Gasteiger partial charge in [-0.3, -0.25) is 19.7 Å². The second kappa shape index (κ2) is 45.9. The predicted octanol–water partition coefficient (Wildman–Crippen LogP) is 16.0. The molecule has 3 N–H and O–H groups in total. The molecule has 19 heteroatoms. The lowest BCUT2D eigenvalue weighted by atomic mass is 9.99. The summed E-state index contributed by atoms with van der Waals surface area (Å²) in [7, 11) is -2.63. The molecule has 1 fully saturated rings. The maximum Gasteiger partial charge on any atom is 0.332 e. The molecule has 0 radical (unpaired) electrons. The molecule has 1 heterocycles. The fourth-order valence-corrected chi connectivity index (χ4v) is 11.4. The Bertz CT molecular complexity index is 2900. The number of rotatable bonds is 28. The third kappa shape index (κ3) is 30.7. The van der Waals surface area contributed by atoms with Gasteiger partial charge in [0.15, 0.2) is 22.7 Å². The lowest BCUT2D eigenvalue weighted by Crippen LogP contribution is -2.49. The lowest BCUT2D eigenvalue weighted by molar-refractivity contribution is -0.142. The van der Waals surface area contributed by atoms with E-state index >= 15 is 0 Å². The molecule has 7 rings (SSSR count). The maximum atomic E-state index is 12.5. The molecular formula is C74H114N4O8S5Si2. The Balaban J connectivity index is 0.00000133. The van der Waals surface area contributed by atoms with Gasteiger partial charge in [0.1, 0.15) is 18.2 Å². The van der Waals surface area contributed by atoms with Crippen LogP contribution in [0.4, 0.5) is 0 Å². The molecular weight excluding hydrogens is 1290 g/mol. The minimum absolute atomic E-state index is 0. The smallest absolute Gasteiger partial charge is 0.332 e. The van der Waals surface area contributed by atoms with Crippen molar-refractivity contribution in [3.8, 4) is 0 Å². The number of carbonyl (C=O) groups excluding carboxylic acids is 2. The molecule has 93 heavy (non-hydrogen) atoms. The SMILES string of the molecule is CC(C)(C)[Si](C)(C)OC[C@H](N=C(c1ccccc1)c1ccccc1)[C@@H](O)c1ccccc1.CCCCCCCCCC(=O)N[C@@H](CN1CCOCC1)[C@@H](O)c1ccccc1.COC(=O)[C@H](CO[Si](C)(C)C(C)(C)C)N=C(c1ccccc1)c1ccccc1.S.S.S.S.S. The van der Waals surface area contributed by atoms with E-state index in [2.05, 4.69) is 109 Å². The number of nitrogens with one attached hydrogen (secondary N) is 1. The highest BCUT2D eigenvalue weighted by Gasteiger charge is 2.40. The van der Waals surface area contributed by atoms with Crippen LogP contribution >= 0.6 is 67.5 Å². The zero-order chi connectivity index (χ0) is 64.0. The predicted molar refractivity (Wildman–Crippen MR) is 419 cm³/mol. The van der Waals surface area contributed by atoms with Crippen LogP contribution in [0.5, 0.6) is 0 Å². The zero-order valence-corrected chi connectivity index (χ0v) is 64.5. The Kier molecular flexibility index (Phi) is 43.7. The number of aliphatic hydroxyl groups excluding tert-OH is 2. The number of unbranched alkanes of at least 4 members (excludes halogenated alkanes) is 6. The summed E-state index contributed by atoms with van der Waals surface area (Å²) in [5.41, 5.74) is 7.27. The molecule has 12 nitrogen and oxygen atoms in total. The van der Waals surface area contributed by atoms with Crippen LogP contribution in [0.3, 0.4) is 0 Å². The number of aliphatic hydroxyl groups is 2. The second-order valence-electron chi connectivity index (χ2n) is 25.8. The van der Waals surface area contributed by atoms with E-state index in [0.29, 0.717) is 32.8 Å². The summed E-state index contributed by atoms with van der Waals surface area (Å²) in [5.74, 6) is -0.343. The first-order chi connectivity index (χ1) is 42.0. The van der Waals surface area contributed by atoms with Gasteiger partial charge < -0.3 is 33.9 Å². The van der Waals surface area contributed by atoms with Gasteiger partial charge >= 0.3 is 5.97 Å². The topological polar surface area (TPSA) is 152 Å². The van der Waals surface area contributed by atoms with Crippen molar-refractivity contribution in [3.05, 3.63) is 215 Å². The molecule has 1 aliphatic rings. The van der Waals surface area contributed by atoms with Gasteiger partial charge in [0.25, 0.3) is 0 Å². The molecule has 0 aliphatic carbocycles. The van der Waals surface area contributed by atoms with Gasteiger partial charge in [-0.25, -0.2) is 4.79 Å². The molecule has 5 atom stereocenters. The number of benzene rings is 6. The first-order valence-corrected chi connectivity index (χ1v) is 37.6. The second-order valence-corrected chi connectivity index (χ2v) is 35.5. The number of methoxy groups -OCH3 is 1. The number of carbonyl (C=O) groups is 2. The summed E-state index contributed by atoms with van der Waals surface area (Å²) in [4.78, 5) is 37.2. The molecule has 6 aromatic carbocycles. The van der Waals surface area contributed by atoms with Gasteiger partial charge in [-0.05, 0) is 53.8 Å². The Hall–Kier alpha value is -4.46. The van der Waals surface area contributed by atoms with Crippen LogP contribution in [0.2, 0.25) is 36.3 Å². The number of amides is 1. The van der Waals surface area contributed by atoms with E-state index < -0.39 is 40.9 Å². The number of nitrogens with zero attached hydrogens (tertiary/aromatic N) is 3. The van der Waals surface area contributed by atoms with Gasteiger partial charge in [-0.1, -0.05) is 269 Å². The molecule has 0 spiro atoms. The summed E-state index contributed by atoms with van der Waals surface area (Å²) in [6, 6.07) is 58.0.